The highest BCUT2D eigenvalue weighted by Gasteiger charge is 2.23. The number of benzene rings is 1. The standard InChI is InChI=1S/C9H13BN2O3/c1-11(2)9(13)8-6(10)4-3-5-7(8)12(14)15/h3-5,9,13H,10H2,1-2H3. The van der Waals surface area contributed by atoms with Crippen molar-refractivity contribution < 1.29 is 10.0 Å². The highest BCUT2D eigenvalue weighted by atomic mass is 16.6. The van der Waals surface area contributed by atoms with Crippen LogP contribution in [0.25, 0.3) is 0 Å². The number of hydrogen-bond acceptors (Lipinski definition) is 4. The van der Waals surface area contributed by atoms with Crippen molar-refractivity contribution in [2.24, 2.45) is 0 Å². The predicted molar refractivity (Wildman–Crippen MR) is 59.9 cm³/mol. The Morgan fingerprint density at radius 3 is 2.60 bits per heavy atom. The number of nitro groups is 1. The number of aliphatic hydroxyl groups excluding tert-OH is 1. The Hall–Kier alpha value is -1.40. The summed E-state index contributed by atoms with van der Waals surface area (Å²) in [7, 11) is 5.08. The molecule has 0 saturated carbocycles. The van der Waals surface area contributed by atoms with Crippen LogP contribution in [0.4, 0.5) is 5.69 Å². The third-order valence-corrected chi connectivity index (χ3v) is 2.25. The van der Waals surface area contributed by atoms with Crippen LogP contribution in [-0.4, -0.2) is 36.9 Å². The van der Waals surface area contributed by atoms with E-state index in [0.29, 0.717) is 11.0 Å². The van der Waals surface area contributed by atoms with Gasteiger partial charge in [0.15, 0.2) is 0 Å². The van der Waals surface area contributed by atoms with E-state index in [0.717, 1.165) is 0 Å². The van der Waals surface area contributed by atoms with Crippen molar-refractivity contribution in [2.45, 2.75) is 6.23 Å². The highest BCUT2D eigenvalue weighted by molar-refractivity contribution is 6.33. The molecule has 80 valence electrons. The van der Waals surface area contributed by atoms with Crippen LogP contribution < -0.4 is 5.46 Å². The monoisotopic (exact) mass is 208 g/mol. The molecule has 0 bridgehead atoms. The van der Waals surface area contributed by atoms with Crippen LogP contribution in [0.5, 0.6) is 0 Å². The fourth-order valence-electron chi connectivity index (χ4n) is 1.42. The Balaban J connectivity index is 3.30. The summed E-state index contributed by atoms with van der Waals surface area (Å²) < 4.78 is 0. The minimum absolute atomic E-state index is 0.0452. The summed E-state index contributed by atoms with van der Waals surface area (Å²) in [5.41, 5.74) is 1.02. The third-order valence-electron chi connectivity index (χ3n) is 2.25. The van der Waals surface area contributed by atoms with Crippen LogP contribution in [0.15, 0.2) is 18.2 Å². The topological polar surface area (TPSA) is 66.6 Å². The van der Waals surface area contributed by atoms with Crippen LogP contribution in [0, 0.1) is 10.1 Å². The Kier molecular flexibility index (Phi) is 3.44. The second kappa shape index (κ2) is 4.42. The van der Waals surface area contributed by atoms with Gasteiger partial charge >= 0.3 is 0 Å². The molecule has 1 aromatic carbocycles. The van der Waals surface area contributed by atoms with Crippen molar-refractivity contribution in [1.29, 1.82) is 0 Å². The molecule has 0 spiro atoms. The molecule has 0 saturated heterocycles. The van der Waals surface area contributed by atoms with E-state index in [1.165, 1.54) is 11.0 Å². The first kappa shape index (κ1) is 11.7. The minimum Gasteiger partial charge on any atom is -0.374 e. The molecule has 1 rings (SSSR count). The van der Waals surface area contributed by atoms with E-state index >= 15 is 0 Å². The lowest BCUT2D eigenvalue weighted by Crippen LogP contribution is -2.26. The van der Waals surface area contributed by atoms with Crippen molar-refractivity contribution in [2.75, 3.05) is 14.1 Å². The van der Waals surface area contributed by atoms with Gasteiger partial charge in [-0.05, 0) is 14.1 Å². The zero-order valence-corrected chi connectivity index (χ0v) is 8.97. The molecule has 0 fully saturated rings. The Bertz CT molecular complexity index is 382. The Morgan fingerprint density at radius 2 is 2.13 bits per heavy atom. The van der Waals surface area contributed by atoms with Crippen molar-refractivity contribution in [3.05, 3.63) is 33.9 Å². The lowest BCUT2D eigenvalue weighted by molar-refractivity contribution is -0.386. The largest absolute Gasteiger partial charge is 0.374 e. The van der Waals surface area contributed by atoms with Gasteiger partial charge in [-0.15, -0.1) is 0 Å². The third kappa shape index (κ3) is 2.34. The van der Waals surface area contributed by atoms with Crippen molar-refractivity contribution in [3.63, 3.8) is 0 Å². The summed E-state index contributed by atoms with van der Waals surface area (Å²) in [6.45, 7) is 0. The maximum Gasteiger partial charge on any atom is 0.276 e. The van der Waals surface area contributed by atoms with Crippen LogP contribution >= 0.6 is 0 Å². The number of aliphatic hydroxyl groups is 1. The van der Waals surface area contributed by atoms with Crippen molar-refractivity contribution in [1.82, 2.24) is 4.90 Å². The summed E-state index contributed by atoms with van der Waals surface area (Å²) >= 11 is 0. The average molecular weight is 208 g/mol. The number of hydrogen-bond donors (Lipinski definition) is 1. The lowest BCUT2D eigenvalue weighted by Gasteiger charge is -2.20. The quantitative estimate of drug-likeness (QED) is 0.312. The second-order valence-electron chi connectivity index (χ2n) is 3.60. The zero-order chi connectivity index (χ0) is 11.6. The maximum atomic E-state index is 10.8. The smallest absolute Gasteiger partial charge is 0.276 e. The SMILES string of the molecule is Bc1cccc([N+](=O)[O-])c1C(O)N(C)C. The first-order valence-corrected chi connectivity index (χ1v) is 4.53. The van der Waals surface area contributed by atoms with E-state index in [9.17, 15) is 15.2 Å². The van der Waals surface area contributed by atoms with E-state index in [2.05, 4.69) is 0 Å². The van der Waals surface area contributed by atoms with Gasteiger partial charge in [0, 0.05) is 6.07 Å². The summed E-state index contributed by atoms with van der Waals surface area (Å²) in [5, 5.41) is 20.6. The van der Waals surface area contributed by atoms with E-state index in [1.807, 2.05) is 0 Å². The first-order valence-electron chi connectivity index (χ1n) is 4.53. The Morgan fingerprint density at radius 1 is 1.53 bits per heavy atom. The molecule has 0 radical (unpaired) electrons. The molecule has 0 aliphatic carbocycles. The fraction of sp³-hybridized carbons (Fsp3) is 0.333. The van der Waals surface area contributed by atoms with Gasteiger partial charge in [-0.25, -0.2) is 0 Å². The molecule has 1 aromatic rings. The molecule has 1 N–H and O–H groups in total. The summed E-state index contributed by atoms with van der Waals surface area (Å²) in [4.78, 5) is 11.8. The molecular weight excluding hydrogens is 195 g/mol. The average Bonchev–Trinajstić information content (AvgIpc) is 2.16. The molecule has 0 aromatic heterocycles. The highest BCUT2D eigenvalue weighted by Crippen LogP contribution is 2.23. The molecule has 0 aliphatic heterocycles. The Labute approximate surface area is 88.9 Å². The van der Waals surface area contributed by atoms with Gasteiger partial charge in [-0.1, -0.05) is 17.6 Å². The molecule has 0 aliphatic rings. The molecule has 1 unspecified atom stereocenters. The van der Waals surface area contributed by atoms with Crippen LogP contribution in [0.1, 0.15) is 11.8 Å². The summed E-state index contributed by atoms with van der Waals surface area (Å²) in [5.74, 6) is 0. The molecule has 5 nitrogen and oxygen atoms in total. The number of nitro benzene ring substituents is 1. The van der Waals surface area contributed by atoms with Crippen molar-refractivity contribution in [3.8, 4) is 0 Å². The maximum absolute atomic E-state index is 10.8. The molecule has 1 atom stereocenters. The van der Waals surface area contributed by atoms with Gasteiger partial charge in [-0.2, -0.15) is 0 Å². The summed E-state index contributed by atoms with van der Waals surface area (Å²) in [6.07, 6.45) is -0.952. The summed E-state index contributed by atoms with van der Waals surface area (Å²) in [6, 6.07) is 4.75. The van der Waals surface area contributed by atoms with Crippen molar-refractivity contribution >= 4 is 19.0 Å². The van der Waals surface area contributed by atoms with Crippen LogP contribution in [-0.2, 0) is 0 Å². The normalized spacial score (nSPS) is 12.8. The van der Waals surface area contributed by atoms with Gasteiger partial charge in [0.05, 0.1) is 10.5 Å². The zero-order valence-electron chi connectivity index (χ0n) is 8.97. The van der Waals surface area contributed by atoms with Gasteiger partial charge < -0.3 is 5.11 Å². The number of rotatable bonds is 3. The lowest BCUT2D eigenvalue weighted by atomic mass is 9.88. The van der Waals surface area contributed by atoms with Gasteiger partial charge in [0.2, 0.25) is 0 Å². The molecule has 0 amide bonds. The van der Waals surface area contributed by atoms with E-state index < -0.39 is 11.2 Å². The molecule has 15 heavy (non-hydrogen) atoms. The molecule has 6 heteroatoms. The molecule has 0 heterocycles. The fourth-order valence-corrected chi connectivity index (χ4v) is 1.42. The van der Waals surface area contributed by atoms with Gasteiger partial charge in [-0.3, -0.25) is 15.0 Å². The predicted octanol–water partition coefficient (Wildman–Crippen LogP) is -0.594. The second-order valence-corrected chi connectivity index (χ2v) is 3.60. The van der Waals surface area contributed by atoms with Crippen LogP contribution in [0.3, 0.4) is 0 Å². The number of nitrogens with zero attached hydrogens (tertiary/aromatic N) is 2. The van der Waals surface area contributed by atoms with E-state index in [1.54, 1.807) is 34.1 Å². The van der Waals surface area contributed by atoms with E-state index in [-0.39, 0.29) is 5.69 Å². The minimum atomic E-state index is -0.952. The molecular formula is C9H13BN2O3. The first-order chi connectivity index (χ1) is 6.95. The van der Waals surface area contributed by atoms with Crippen LogP contribution in [0.2, 0.25) is 0 Å². The van der Waals surface area contributed by atoms with Gasteiger partial charge in [0.1, 0.15) is 14.1 Å². The van der Waals surface area contributed by atoms with E-state index in [4.69, 9.17) is 0 Å². The van der Waals surface area contributed by atoms with Gasteiger partial charge in [0.25, 0.3) is 5.69 Å².